The van der Waals surface area contributed by atoms with Crippen LogP contribution in [0.4, 0.5) is 11.6 Å². The molecule has 1 aliphatic heterocycles. The lowest BCUT2D eigenvalue weighted by Gasteiger charge is -2.27. The predicted molar refractivity (Wildman–Crippen MR) is 166 cm³/mol. The molecule has 2 heterocycles. The molecule has 0 spiro atoms. The fourth-order valence-corrected chi connectivity index (χ4v) is 7.49. The van der Waals surface area contributed by atoms with Gasteiger partial charge >= 0.3 is 0 Å². The van der Waals surface area contributed by atoms with E-state index in [9.17, 15) is 8.42 Å². The molecule has 1 aliphatic carbocycles. The molecule has 4 aromatic rings. The lowest BCUT2D eigenvalue weighted by Crippen LogP contribution is -2.22. The minimum absolute atomic E-state index is 0.0114. The number of anilines is 2. The SMILES string of the molecule is O=S(=O)(Nc1ccc(C2Cc3cnc(NCCCN4CCCC4)nc3-c3ccccc32)cc1)c1cc(Cl)cc(Cl)c1. The van der Waals surface area contributed by atoms with Gasteiger partial charge in [0.15, 0.2) is 0 Å². The standard InChI is InChI=1S/C31H31Cl2N5O2S/c32-23-17-24(33)19-26(18-23)41(39,40)37-25-10-8-21(9-11-25)29-16-22-20-35-31(34-12-5-15-38-13-3-4-14-38)36-30(22)28-7-2-1-6-27(28)29/h1-2,6-11,17-20,29,37H,3-5,12-16H2,(H,34,35,36). The molecular formula is C31H31Cl2N5O2S. The number of nitrogens with one attached hydrogen (secondary N) is 2. The van der Waals surface area contributed by atoms with Crippen molar-refractivity contribution < 1.29 is 8.42 Å². The second-order valence-electron chi connectivity index (χ2n) is 10.6. The third-order valence-electron chi connectivity index (χ3n) is 7.72. The van der Waals surface area contributed by atoms with E-state index in [1.807, 2.05) is 30.5 Å². The molecule has 1 aromatic heterocycles. The van der Waals surface area contributed by atoms with Crippen molar-refractivity contribution >= 4 is 44.9 Å². The van der Waals surface area contributed by atoms with Gasteiger partial charge in [-0.3, -0.25) is 4.72 Å². The molecule has 10 heteroatoms. The van der Waals surface area contributed by atoms with Crippen LogP contribution in [-0.2, 0) is 16.4 Å². The summed E-state index contributed by atoms with van der Waals surface area (Å²) in [5.74, 6) is 0.759. The smallest absolute Gasteiger partial charge is 0.261 e. The largest absolute Gasteiger partial charge is 0.354 e. The number of aromatic nitrogens is 2. The topological polar surface area (TPSA) is 87.2 Å². The van der Waals surface area contributed by atoms with E-state index in [1.165, 1.54) is 49.7 Å². The summed E-state index contributed by atoms with van der Waals surface area (Å²) in [7, 11) is -3.85. The normalized spacial score (nSPS) is 16.7. The molecule has 1 unspecified atom stereocenters. The molecule has 0 amide bonds. The molecule has 6 rings (SSSR count). The van der Waals surface area contributed by atoms with E-state index < -0.39 is 10.0 Å². The number of benzene rings is 3. The average molecular weight is 609 g/mol. The summed E-state index contributed by atoms with van der Waals surface area (Å²) in [5.41, 5.74) is 5.90. The maximum absolute atomic E-state index is 12.9. The first-order valence-corrected chi connectivity index (χ1v) is 16.1. The van der Waals surface area contributed by atoms with Crippen LogP contribution in [-0.4, -0.2) is 49.5 Å². The van der Waals surface area contributed by atoms with Gasteiger partial charge in [0.2, 0.25) is 5.95 Å². The highest BCUT2D eigenvalue weighted by atomic mass is 35.5. The Labute approximate surface area is 251 Å². The molecule has 2 N–H and O–H groups in total. The van der Waals surface area contributed by atoms with E-state index in [-0.39, 0.29) is 20.9 Å². The van der Waals surface area contributed by atoms with Crippen LogP contribution in [0.5, 0.6) is 0 Å². The molecule has 0 radical (unpaired) electrons. The maximum atomic E-state index is 12.9. The molecule has 0 saturated carbocycles. The number of rotatable bonds is 9. The summed E-state index contributed by atoms with van der Waals surface area (Å²) < 4.78 is 28.5. The van der Waals surface area contributed by atoms with Crippen LogP contribution >= 0.6 is 23.2 Å². The Bertz CT molecular complexity index is 1640. The first-order chi connectivity index (χ1) is 19.9. The highest BCUT2D eigenvalue weighted by molar-refractivity contribution is 7.92. The molecule has 1 saturated heterocycles. The van der Waals surface area contributed by atoms with Gasteiger partial charge in [-0.05, 0) is 92.3 Å². The van der Waals surface area contributed by atoms with Crippen molar-refractivity contribution in [3.63, 3.8) is 0 Å². The van der Waals surface area contributed by atoms with Crippen LogP contribution in [0.3, 0.4) is 0 Å². The van der Waals surface area contributed by atoms with E-state index >= 15 is 0 Å². The van der Waals surface area contributed by atoms with Gasteiger partial charge in [0.05, 0.1) is 10.6 Å². The van der Waals surface area contributed by atoms with Gasteiger partial charge < -0.3 is 10.2 Å². The van der Waals surface area contributed by atoms with E-state index in [4.69, 9.17) is 28.2 Å². The van der Waals surface area contributed by atoms with Gasteiger partial charge in [-0.2, -0.15) is 0 Å². The fraction of sp³-hybridized carbons (Fsp3) is 0.290. The van der Waals surface area contributed by atoms with E-state index in [1.54, 1.807) is 12.1 Å². The molecule has 212 valence electrons. The minimum Gasteiger partial charge on any atom is -0.354 e. The summed E-state index contributed by atoms with van der Waals surface area (Å²) in [4.78, 5) is 12.1. The van der Waals surface area contributed by atoms with Crippen molar-refractivity contribution in [2.75, 3.05) is 36.2 Å². The predicted octanol–water partition coefficient (Wildman–Crippen LogP) is 6.84. The monoisotopic (exact) mass is 607 g/mol. The Hall–Kier alpha value is -3.17. The fourth-order valence-electron chi connectivity index (χ4n) is 5.71. The average Bonchev–Trinajstić information content (AvgIpc) is 3.48. The Kier molecular flexibility index (Phi) is 8.17. The molecule has 1 atom stereocenters. The van der Waals surface area contributed by atoms with Gasteiger partial charge in [0.25, 0.3) is 10.0 Å². The zero-order valence-corrected chi connectivity index (χ0v) is 24.8. The molecule has 0 bridgehead atoms. The van der Waals surface area contributed by atoms with Crippen molar-refractivity contribution in [3.8, 4) is 11.3 Å². The van der Waals surface area contributed by atoms with Gasteiger partial charge in [-0.15, -0.1) is 0 Å². The van der Waals surface area contributed by atoms with E-state index in [2.05, 4.69) is 32.1 Å². The Morgan fingerprint density at radius 3 is 2.44 bits per heavy atom. The highest BCUT2D eigenvalue weighted by Gasteiger charge is 2.27. The molecular weight excluding hydrogens is 577 g/mol. The lowest BCUT2D eigenvalue weighted by molar-refractivity contribution is 0.337. The summed E-state index contributed by atoms with van der Waals surface area (Å²) in [6, 6.07) is 20.1. The zero-order valence-electron chi connectivity index (χ0n) is 22.5. The first kappa shape index (κ1) is 28.0. The van der Waals surface area contributed by atoms with Crippen LogP contribution in [0.25, 0.3) is 11.3 Å². The number of hydrogen-bond acceptors (Lipinski definition) is 6. The summed E-state index contributed by atoms with van der Waals surface area (Å²) in [6.45, 7) is 4.38. The highest BCUT2D eigenvalue weighted by Crippen LogP contribution is 2.42. The molecule has 7 nitrogen and oxygen atoms in total. The number of likely N-dealkylation sites (tertiary alicyclic amines) is 1. The van der Waals surface area contributed by atoms with Gasteiger partial charge in [-0.1, -0.05) is 59.6 Å². The van der Waals surface area contributed by atoms with Crippen molar-refractivity contribution in [2.45, 2.75) is 36.5 Å². The van der Waals surface area contributed by atoms with Crippen molar-refractivity contribution in [1.82, 2.24) is 14.9 Å². The summed E-state index contributed by atoms with van der Waals surface area (Å²) in [5, 5.41) is 3.93. The summed E-state index contributed by atoms with van der Waals surface area (Å²) >= 11 is 12.0. The van der Waals surface area contributed by atoms with Crippen LogP contribution < -0.4 is 10.0 Å². The summed E-state index contributed by atoms with van der Waals surface area (Å²) in [6.07, 6.45) is 6.38. The second-order valence-corrected chi connectivity index (χ2v) is 13.1. The zero-order chi connectivity index (χ0) is 28.4. The van der Waals surface area contributed by atoms with Gasteiger partial charge in [0.1, 0.15) is 0 Å². The Balaban J connectivity index is 1.18. The van der Waals surface area contributed by atoms with E-state index in [0.29, 0.717) is 11.6 Å². The molecule has 1 fully saturated rings. The minimum atomic E-state index is -3.85. The maximum Gasteiger partial charge on any atom is 0.261 e. The number of sulfonamides is 1. The van der Waals surface area contributed by atoms with Gasteiger partial charge in [-0.25, -0.2) is 18.4 Å². The Morgan fingerprint density at radius 1 is 0.951 bits per heavy atom. The van der Waals surface area contributed by atoms with Crippen molar-refractivity contribution in [3.05, 3.63) is 99.7 Å². The second kappa shape index (κ2) is 12.0. The van der Waals surface area contributed by atoms with Gasteiger partial charge in [0, 0.05) is 40.0 Å². The van der Waals surface area contributed by atoms with Crippen LogP contribution in [0.1, 0.15) is 41.9 Å². The van der Waals surface area contributed by atoms with Crippen LogP contribution in [0.2, 0.25) is 10.0 Å². The number of hydrogen-bond donors (Lipinski definition) is 2. The van der Waals surface area contributed by atoms with Crippen molar-refractivity contribution in [1.29, 1.82) is 0 Å². The number of fused-ring (bicyclic) bond motifs is 3. The molecule has 41 heavy (non-hydrogen) atoms. The lowest BCUT2D eigenvalue weighted by atomic mass is 9.78. The number of halogens is 2. The van der Waals surface area contributed by atoms with E-state index in [0.717, 1.165) is 48.3 Å². The Morgan fingerprint density at radius 2 is 1.68 bits per heavy atom. The third kappa shape index (κ3) is 6.36. The molecule has 3 aromatic carbocycles. The third-order valence-corrected chi connectivity index (χ3v) is 9.52. The molecule has 2 aliphatic rings. The van der Waals surface area contributed by atoms with Crippen LogP contribution in [0, 0.1) is 0 Å². The first-order valence-electron chi connectivity index (χ1n) is 13.9. The van der Waals surface area contributed by atoms with Crippen LogP contribution in [0.15, 0.2) is 77.8 Å². The number of nitrogens with zero attached hydrogens (tertiary/aromatic N) is 3. The quantitative estimate of drug-likeness (QED) is 0.203. The van der Waals surface area contributed by atoms with Crippen molar-refractivity contribution in [2.24, 2.45) is 0 Å².